The predicted octanol–water partition coefficient (Wildman–Crippen LogP) is 4.82. The SMILES string of the molecule is C=CCn1c(CNc2ccc(Cl)cc2)nnc1SCC(=O)N/N=C\c1ccc(N(CC)CC)cc1. The van der Waals surface area contributed by atoms with Crippen LogP contribution in [0.5, 0.6) is 0 Å². The van der Waals surface area contributed by atoms with Crippen LogP contribution in [0.25, 0.3) is 0 Å². The number of nitrogens with one attached hydrogen (secondary N) is 2. The van der Waals surface area contributed by atoms with Crippen LogP contribution in [-0.4, -0.2) is 45.7 Å². The molecule has 1 amide bonds. The van der Waals surface area contributed by atoms with E-state index < -0.39 is 0 Å². The van der Waals surface area contributed by atoms with E-state index in [9.17, 15) is 4.79 Å². The Bertz CT molecular complexity index is 1130. The number of aromatic nitrogens is 3. The van der Waals surface area contributed by atoms with Crippen molar-refractivity contribution in [2.45, 2.75) is 32.1 Å². The third kappa shape index (κ3) is 7.87. The Hall–Kier alpha value is -3.30. The summed E-state index contributed by atoms with van der Waals surface area (Å²) in [6.45, 7) is 11.0. The van der Waals surface area contributed by atoms with Crippen LogP contribution in [-0.2, 0) is 17.9 Å². The van der Waals surface area contributed by atoms with E-state index in [-0.39, 0.29) is 11.7 Å². The Morgan fingerprint density at radius 3 is 2.51 bits per heavy atom. The van der Waals surface area contributed by atoms with Gasteiger partial charge in [-0.3, -0.25) is 4.79 Å². The molecule has 0 saturated carbocycles. The van der Waals surface area contributed by atoms with Crippen LogP contribution < -0.4 is 15.6 Å². The molecule has 1 aromatic heterocycles. The minimum Gasteiger partial charge on any atom is -0.378 e. The zero-order chi connectivity index (χ0) is 25.0. The highest BCUT2D eigenvalue weighted by molar-refractivity contribution is 7.99. The molecule has 0 radical (unpaired) electrons. The molecule has 35 heavy (non-hydrogen) atoms. The number of carbonyl (C=O) groups excluding carboxylic acids is 1. The number of rotatable bonds is 13. The molecule has 2 aromatic carbocycles. The van der Waals surface area contributed by atoms with Crippen LogP contribution in [0, 0.1) is 0 Å². The van der Waals surface area contributed by atoms with Crippen molar-refractivity contribution < 1.29 is 4.79 Å². The number of hydrazone groups is 1. The Balaban J connectivity index is 1.51. The Labute approximate surface area is 215 Å². The van der Waals surface area contributed by atoms with Crippen molar-refractivity contribution in [3.05, 3.63) is 77.6 Å². The molecule has 0 aliphatic carbocycles. The number of hydrogen-bond donors (Lipinski definition) is 2. The van der Waals surface area contributed by atoms with Crippen molar-refractivity contribution in [2.75, 3.05) is 29.1 Å². The van der Waals surface area contributed by atoms with Crippen molar-refractivity contribution >= 4 is 46.9 Å². The molecule has 3 aromatic rings. The van der Waals surface area contributed by atoms with Crippen molar-refractivity contribution in [3.8, 4) is 0 Å². The average molecular weight is 512 g/mol. The summed E-state index contributed by atoms with van der Waals surface area (Å²) in [5.41, 5.74) is 5.58. The molecule has 0 unspecified atom stereocenters. The van der Waals surface area contributed by atoms with Gasteiger partial charge in [-0.2, -0.15) is 5.10 Å². The fraction of sp³-hybridized carbons (Fsp3) is 0.280. The van der Waals surface area contributed by atoms with Crippen molar-refractivity contribution in [3.63, 3.8) is 0 Å². The monoisotopic (exact) mass is 511 g/mol. The molecule has 8 nitrogen and oxygen atoms in total. The lowest BCUT2D eigenvalue weighted by molar-refractivity contribution is -0.118. The first kappa shape index (κ1) is 26.3. The normalized spacial score (nSPS) is 10.9. The molecule has 0 fully saturated rings. The summed E-state index contributed by atoms with van der Waals surface area (Å²) >= 11 is 7.24. The zero-order valence-electron chi connectivity index (χ0n) is 19.9. The minimum atomic E-state index is -0.222. The third-order valence-corrected chi connectivity index (χ3v) is 6.38. The number of nitrogens with zero attached hydrogens (tertiary/aromatic N) is 5. The van der Waals surface area contributed by atoms with Gasteiger partial charge in [-0.15, -0.1) is 16.8 Å². The van der Waals surface area contributed by atoms with Gasteiger partial charge < -0.3 is 14.8 Å². The fourth-order valence-electron chi connectivity index (χ4n) is 3.32. The molecule has 184 valence electrons. The van der Waals surface area contributed by atoms with Crippen LogP contribution in [0.1, 0.15) is 25.2 Å². The third-order valence-electron chi connectivity index (χ3n) is 5.16. The number of halogens is 1. The van der Waals surface area contributed by atoms with Crippen LogP contribution in [0.2, 0.25) is 5.02 Å². The molecule has 3 rings (SSSR count). The molecule has 0 spiro atoms. The van der Waals surface area contributed by atoms with Crippen molar-refractivity contribution in [1.82, 2.24) is 20.2 Å². The van der Waals surface area contributed by atoms with E-state index in [2.05, 4.69) is 63.5 Å². The van der Waals surface area contributed by atoms with Gasteiger partial charge in [0.05, 0.1) is 18.5 Å². The van der Waals surface area contributed by atoms with Crippen LogP contribution >= 0.6 is 23.4 Å². The number of thioether (sulfide) groups is 1. The zero-order valence-corrected chi connectivity index (χ0v) is 21.5. The van der Waals surface area contributed by atoms with Gasteiger partial charge in [0.15, 0.2) is 11.0 Å². The van der Waals surface area contributed by atoms with E-state index in [1.54, 1.807) is 12.3 Å². The Morgan fingerprint density at radius 1 is 1.14 bits per heavy atom. The van der Waals surface area contributed by atoms with E-state index >= 15 is 0 Å². The van der Waals surface area contributed by atoms with Gasteiger partial charge in [0.2, 0.25) is 0 Å². The highest BCUT2D eigenvalue weighted by atomic mass is 35.5. The Kier molecular flexibility index (Phi) is 10.2. The molecule has 0 bridgehead atoms. The smallest absolute Gasteiger partial charge is 0.250 e. The summed E-state index contributed by atoms with van der Waals surface area (Å²) in [7, 11) is 0. The summed E-state index contributed by atoms with van der Waals surface area (Å²) in [6.07, 6.45) is 3.41. The molecule has 0 aliphatic heterocycles. The van der Waals surface area contributed by atoms with Gasteiger partial charge >= 0.3 is 0 Å². The van der Waals surface area contributed by atoms with Gasteiger partial charge in [-0.1, -0.05) is 41.6 Å². The summed E-state index contributed by atoms with van der Waals surface area (Å²) in [5.74, 6) is 0.687. The maximum atomic E-state index is 12.3. The topological polar surface area (TPSA) is 87.4 Å². The highest BCUT2D eigenvalue weighted by Gasteiger charge is 2.13. The average Bonchev–Trinajstić information content (AvgIpc) is 3.25. The van der Waals surface area contributed by atoms with Gasteiger partial charge in [-0.05, 0) is 55.8 Å². The molecule has 0 saturated heterocycles. The second-order valence-corrected chi connectivity index (χ2v) is 8.88. The molecule has 2 N–H and O–H groups in total. The highest BCUT2D eigenvalue weighted by Crippen LogP contribution is 2.19. The van der Waals surface area contributed by atoms with Crippen LogP contribution in [0.4, 0.5) is 11.4 Å². The van der Waals surface area contributed by atoms with Gasteiger partial charge in [0.1, 0.15) is 0 Å². The first-order valence-electron chi connectivity index (χ1n) is 11.4. The van der Waals surface area contributed by atoms with Crippen LogP contribution in [0.3, 0.4) is 0 Å². The van der Waals surface area contributed by atoms with E-state index in [4.69, 9.17) is 11.6 Å². The molecule has 1 heterocycles. The second kappa shape index (κ2) is 13.6. The van der Waals surface area contributed by atoms with Gasteiger partial charge in [0, 0.05) is 36.0 Å². The molecular formula is C25H30ClN7OS. The first-order valence-corrected chi connectivity index (χ1v) is 12.7. The largest absolute Gasteiger partial charge is 0.378 e. The lowest BCUT2D eigenvalue weighted by atomic mass is 10.2. The number of anilines is 2. The van der Waals surface area contributed by atoms with Crippen LogP contribution in [0.15, 0.2) is 71.4 Å². The van der Waals surface area contributed by atoms with E-state index in [0.717, 1.165) is 30.2 Å². The molecular weight excluding hydrogens is 482 g/mol. The molecule has 10 heteroatoms. The summed E-state index contributed by atoms with van der Waals surface area (Å²) in [5, 5.41) is 17.2. The quantitative estimate of drug-likeness (QED) is 0.148. The standard InChI is InChI=1S/C25H30ClN7OS/c1-4-15-33-23(17-27-21-11-9-20(26)10-12-21)29-31-25(33)35-18-24(34)30-28-16-19-7-13-22(14-8-19)32(5-2)6-3/h4,7-14,16,27H,1,5-6,15,17-18H2,2-3H3,(H,30,34)/b28-16-. The van der Waals surface area contributed by atoms with E-state index in [0.29, 0.717) is 23.3 Å². The lowest BCUT2D eigenvalue weighted by Crippen LogP contribution is -2.21. The van der Waals surface area contributed by atoms with Crippen molar-refractivity contribution in [2.24, 2.45) is 5.10 Å². The number of benzene rings is 2. The van der Waals surface area contributed by atoms with E-state index in [1.807, 2.05) is 41.0 Å². The number of hydrogen-bond acceptors (Lipinski definition) is 7. The molecule has 0 aliphatic rings. The van der Waals surface area contributed by atoms with Crippen molar-refractivity contribution in [1.29, 1.82) is 0 Å². The van der Waals surface area contributed by atoms with E-state index in [1.165, 1.54) is 17.4 Å². The Morgan fingerprint density at radius 2 is 1.86 bits per heavy atom. The summed E-state index contributed by atoms with van der Waals surface area (Å²) < 4.78 is 1.93. The number of carbonyl (C=O) groups is 1. The maximum absolute atomic E-state index is 12.3. The summed E-state index contributed by atoms with van der Waals surface area (Å²) in [6, 6.07) is 15.5. The lowest BCUT2D eigenvalue weighted by Gasteiger charge is -2.20. The first-order chi connectivity index (χ1) is 17.0. The minimum absolute atomic E-state index is 0.165. The van der Waals surface area contributed by atoms with Gasteiger partial charge in [-0.25, -0.2) is 5.43 Å². The molecule has 0 atom stereocenters. The second-order valence-electron chi connectivity index (χ2n) is 7.50. The fourth-order valence-corrected chi connectivity index (χ4v) is 4.20. The number of amides is 1. The van der Waals surface area contributed by atoms with Gasteiger partial charge in [0.25, 0.3) is 5.91 Å². The predicted molar refractivity (Wildman–Crippen MR) is 145 cm³/mol. The number of allylic oxidation sites excluding steroid dienone is 1. The maximum Gasteiger partial charge on any atom is 0.250 e. The summed E-state index contributed by atoms with van der Waals surface area (Å²) in [4.78, 5) is 14.6.